The molecule has 0 aliphatic carbocycles. The summed E-state index contributed by atoms with van der Waals surface area (Å²) >= 11 is 8.95. The lowest BCUT2D eigenvalue weighted by atomic mass is 10.1. The second kappa shape index (κ2) is 6.41. The molecule has 0 spiro atoms. The van der Waals surface area contributed by atoms with Crippen LogP contribution in [0.15, 0.2) is 28.7 Å². The smallest absolute Gasteiger partial charge is 0.255 e. The highest BCUT2D eigenvalue weighted by molar-refractivity contribution is 9.10. The molecule has 0 saturated heterocycles. The molecule has 0 bridgehead atoms. The Balaban J connectivity index is 2.30. The predicted molar refractivity (Wildman–Crippen MR) is 85.6 cm³/mol. The van der Waals surface area contributed by atoms with Gasteiger partial charge in [0.05, 0.1) is 4.47 Å². The standard InChI is InChI=1S/C14H12BrClFN3O/c1-7-3-9(15)10(17)6-11(7)19-14(21)8-4-12(16)20-13(5-8)18-2/h3-6H,1-2H3,(H,18,20)(H,19,21). The first-order chi connectivity index (χ1) is 9.90. The molecular weight excluding hydrogens is 361 g/mol. The number of amides is 1. The van der Waals surface area contributed by atoms with Crippen molar-refractivity contribution in [2.24, 2.45) is 0 Å². The molecule has 1 aromatic heterocycles. The third-order valence-corrected chi connectivity index (χ3v) is 3.63. The maximum absolute atomic E-state index is 13.6. The lowest BCUT2D eigenvalue weighted by molar-refractivity contribution is 0.102. The summed E-state index contributed by atoms with van der Waals surface area (Å²) in [6.07, 6.45) is 0. The Morgan fingerprint density at radius 2 is 2.05 bits per heavy atom. The van der Waals surface area contributed by atoms with Gasteiger partial charge >= 0.3 is 0 Å². The number of anilines is 2. The average molecular weight is 373 g/mol. The summed E-state index contributed by atoms with van der Waals surface area (Å²) < 4.78 is 13.9. The Bertz CT molecular complexity index is 709. The number of benzene rings is 1. The minimum atomic E-state index is -0.445. The third kappa shape index (κ3) is 3.71. The minimum Gasteiger partial charge on any atom is -0.373 e. The first-order valence-electron chi connectivity index (χ1n) is 6.03. The maximum atomic E-state index is 13.6. The van der Waals surface area contributed by atoms with E-state index in [4.69, 9.17) is 11.6 Å². The van der Waals surface area contributed by atoms with Crippen LogP contribution in [0.1, 0.15) is 15.9 Å². The van der Waals surface area contributed by atoms with Gasteiger partial charge < -0.3 is 10.6 Å². The number of pyridine rings is 1. The summed E-state index contributed by atoms with van der Waals surface area (Å²) in [4.78, 5) is 16.2. The van der Waals surface area contributed by atoms with Crippen LogP contribution in [0.25, 0.3) is 0 Å². The van der Waals surface area contributed by atoms with Crippen molar-refractivity contribution in [3.63, 3.8) is 0 Å². The van der Waals surface area contributed by atoms with Crippen LogP contribution in [0.5, 0.6) is 0 Å². The zero-order valence-electron chi connectivity index (χ0n) is 11.3. The van der Waals surface area contributed by atoms with Crippen molar-refractivity contribution < 1.29 is 9.18 Å². The maximum Gasteiger partial charge on any atom is 0.255 e. The Labute approximate surface area is 134 Å². The van der Waals surface area contributed by atoms with Crippen molar-refractivity contribution in [3.8, 4) is 0 Å². The monoisotopic (exact) mass is 371 g/mol. The number of hydrogen-bond donors (Lipinski definition) is 2. The fourth-order valence-corrected chi connectivity index (χ4v) is 2.40. The molecule has 21 heavy (non-hydrogen) atoms. The van der Waals surface area contributed by atoms with Gasteiger partial charge in [-0.3, -0.25) is 4.79 Å². The molecule has 110 valence electrons. The second-order valence-electron chi connectivity index (χ2n) is 4.35. The Morgan fingerprint density at radius 1 is 1.33 bits per heavy atom. The molecular formula is C14H12BrClFN3O. The zero-order chi connectivity index (χ0) is 15.6. The van der Waals surface area contributed by atoms with Gasteiger partial charge in [-0.2, -0.15) is 0 Å². The van der Waals surface area contributed by atoms with E-state index in [2.05, 4.69) is 31.5 Å². The van der Waals surface area contributed by atoms with Crippen molar-refractivity contribution in [1.29, 1.82) is 0 Å². The Kier molecular flexibility index (Phi) is 4.80. The van der Waals surface area contributed by atoms with Gasteiger partial charge in [0.15, 0.2) is 0 Å². The van der Waals surface area contributed by atoms with E-state index >= 15 is 0 Å². The van der Waals surface area contributed by atoms with Crippen molar-refractivity contribution in [3.05, 3.63) is 50.8 Å². The largest absolute Gasteiger partial charge is 0.373 e. The molecule has 0 saturated carbocycles. The summed E-state index contributed by atoms with van der Waals surface area (Å²) in [5.41, 5.74) is 1.48. The summed E-state index contributed by atoms with van der Waals surface area (Å²) in [5.74, 6) is -0.355. The van der Waals surface area contributed by atoms with Gasteiger partial charge in [0.2, 0.25) is 0 Å². The van der Waals surface area contributed by atoms with Crippen molar-refractivity contribution in [1.82, 2.24) is 4.98 Å². The van der Waals surface area contributed by atoms with E-state index in [1.54, 1.807) is 26.1 Å². The SMILES string of the molecule is CNc1cc(C(=O)Nc2cc(F)c(Br)cc2C)cc(Cl)n1. The number of nitrogens with one attached hydrogen (secondary N) is 2. The molecule has 0 radical (unpaired) electrons. The van der Waals surface area contributed by atoms with Gasteiger partial charge in [-0.05, 0) is 52.7 Å². The van der Waals surface area contributed by atoms with Gasteiger partial charge in [0.1, 0.15) is 16.8 Å². The van der Waals surface area contributed by atoms with Crippen LogP contribution < -0.4 is 10.6 Å². The first-order valence-corrected chi connectivity index (χ1v) is 7.20. The Morgan fingerprint density at radius 3 is 2.71 bits per heavy atom. The molecule has 2 rings (SSSR count). The first kappa shape index (κ1) is 15.7. The molecule has 2 aromatic rings. The van der Waals surface area contributed by atoms with Gasteiger partial charge in [-0.15, -0.1) is 0 Å². The molecule has 0 unspecified atom stereocenters. The van der Waals surface area contributed by atoms with Crippen LogP contribution in [0.4, 0.5) is 15.9 Å². The number of aryl methyl sites for hydroxylation is 1. The molecule has 4 nitrogen and oxygen atoms in total. The highest BCUT2D eigenvalue weighted by atomic mass is 79.9. The predicted octanol–water partition coefficient (Wildman–Crippen LogP) is 4.24. The van der Waals surface area contributed by atoms with Gasteiger partial charge in [0, 0.05) is 18.3 Å². The fourth-order valence-electron chi connectivity index (χ4n) is 1.73. The molecule has 2 N–H and O–H groups in total. The summed E-state index contributed by atoms with van der Waals surface area (Å²) in [6, 6.07) is 5.87. The average Bonchev–Trinajstić information content (AvgIpc) is 2.43. The molecule has 1 amide bonds. The number of aromatic nitrogens is 1. The van der Waals surface area contributed by atoms with E-state index in [9.17, 15) is 9.18 Å². The number of carbonyl (C=O) groups excluding carboxylic acids is 1. The van der Waals surface area contributed by atoms with Gasteiger partial charge in [0.25, 0.3) is 5.91 Å². The van der Waals surface area contributed by atoms with E-state index in [-0.39, 0.29) is 11.1 Å². The molecule has 0 aliphatic heterocycles. The van der Waals surface area contributed by atoms with Crippen molar-refractivity contribution >= 4 is 44.9 Å². The molecule has 1 heterocycles. The second-order valence-corrected chi connectivity index (χ2v) is 5.59. The van der Waals surface area contributed by atoms with Gasteiger partial charge in [-0.1, -0.05) is 11.6 Å². The van der Waals surface area contributed by atoms with Crippen LogP contribution in [-0.2, 0) is 0 Å². The zero-order valence-corrected chi connectivity index (χ0v) is 13.6. The highest BCUT2D eigenvalue weighted by Crippen LogP contribution is 2.25. The quantitative estimate of drug-likeness (QED) is 0.792. The fraction of sp³-hybridized carbons (Fsp3) is 0.143. The van der Waals surface area contributed by atoms with E-state index in [0.717, 1.165) is 5.56 Å². The highest BCUT2D eigenvalue weighted by Gasteiger charge is 2.12. The van der Waals surface area contributed by atoms with Crippen LogP contribution >= 0.6 is 27.5 Å². The summed E-state index contributed by atoms with van der Waals surface area (Å²) in [6.45, 7) is 1.78. The van der Waals surface area contributed by atoms with Gasteiger partial charge in [-0.25, -0.2) is 9.37 Å². The van der Waals surface area contributed by atoms with E-state index in [1.807, 2.05) is 0 Å². The molecule has 0 fully saturated rings. The lowest BCUT2D eigenvalue weighted by Gasteiger charge is -2.10. The normalized spacial score (nSPS) is 10.3. The summed E-state index contributed by atoms with van der Waals surface area (Å²) in [7, 11) is 1.68. The van der Waals surface area contributed by atoms with E-state index < -0.39 is 5.82 Å². The molecule has 0 aliphatic rings. The van der Waals surface area contributed by atoms with Crippen molar-refractivity contribution in [2.45, 2.75) is 6.92 Å². The van der Waals surface area contributed by atoms with Crippen LogP contribution in [-0.4, -0.2) is 17.9 Å². The molecule has 1 aromatic carbocycles. The van der Waals surface area contributed by atoms with Crippen LogP contribution in [0.2, 0.25) is 5.15 Å². The number of halogens is 3. The van der Waals surface area contributed by atoms with E-state index in [0.29, 0.717) is 21.5 Å². The number of carbonyl (C=O) groups is 1. The van der Waals surface area contributed by atoms with E-state index in [1.165, 1.54) is 12.1 Å². The third-order valence-electron chi connectivity index (χ3n) is 2.83. The number of rotatable bonds is 3. The lowest BCUT2D eigenvalue weighted by Crippen LogP contribution is -2.14. The number of hydrogen-bond acceptors (Lipinski definition) is 3. The summed E-state index contributed by atoms with van der Waals surface area (Å²) in [5, 5.41) is 5.67. The Hall–Kier alpha value is -1.66. The molecule has 0 atom stereocenters. The van der Waals surface area contributed by atoms with Crippen LogP contribution in [0.3, 0.4) is 0 Å². The van der Waals surface area contributed by atoms with Crippen molar-refractivity contribution in [2.75, 3.05) is 17.7 Å². The topological polar surface area (TPSA) is 54.0 Å². The number of nitrogens with zero attached hydrogens (tertiary/aromatic N) is 1. The molecule has 7 heteroatoms. The van der Waals surface area contributed by atoms with Crippen LogP contribution in [0, 0.1) is 12.7 Å². The minimum absolute atomic E-state index is 0.200.